The van der Waals surface area contributed by atoms with Crippen LogP contribution < -0.4 is 5.69 Å². The molecule has 3 rings (SSSR count). The summed E-state index contributed by atoms with van der Waals surface area (Å²) in [6, 6.07) is 7.47. The predicted octanol–water partition coefficient (Wildman–Crippen LogP) is 1.68. The van der Waals surface area contributed by atoms with Crippen molar-refractivity contribution in [1.82, 2.24) is 19.5 Å². The van der Waals surface area contributed by atoms with Gasteiger partial charge in [-0.3, -0.25) is 9.55 Å². The van der Waals surface area contributed by atoms with Crippen molar-refractivity contribution in [3.63, 3.8) is 0 Å². The Hall–Kier alpha value is -2.96. The van der Waals surface area contributed by atoms with Crippen LogP contribution >= 0.6 is 0 Å². The molecule has 0 aliphatic carbocycles. The number of hydrogen-bond acceptors (Lipinski definition) is 5. The molecule has 0 aliphatic rings. The first kappa shape index (κ1) is 15.0. The number of aryl methyl sites for hydroxylation is 2. The molecular formula is C16H16N4O3. The smallest absolute Gasteiger partial charge is 0.358 e. The molecule has 3 aromatic rings. The van der Waals surface area contributed by atoms with Crippen molar-refractivity contribution in [3.05, 3.63) is 58.5 Å². The van der Waals surface area contributed by atoms with E-state index in [1.165, 1.54) is 12.4 Å². The lowest BCUT2D eigenvalue weighted by Gasteiger charge is -2.05. The van der Waals surface area contributed by atoms with Gasteiger partial charge in [0.15, 0.2) is 5.69 Å². The molecule has 0 saturated heterocycles. The third kappa shape index (κ3) is 3.28. The topological polar surface area (TPSA) is 89.9 Å². The zero-order chi connectivity index (χ0) is 16.2. The maximum atomic E-state index is 11.9. The minimum Gasteiger partial charge on any atom is -0.461 e. The molecule has 1 N–H and O–H groups in total. The van der Waals surface area contributed by atoms with Gasteiger partial charge in [0.1, 0.15) is 0 Å². The summed E-state index contributed by atoms with van der Waals surface area (Å²) < 4.78 is 6.78. The Morgan fingerprint density at radius 2 is 2.09 bits per heavy atom. The van der Waals surface area contributed by atoms with Crippen molar-refractivity contribution in [2.75, 3.05) is 6.61 Å². The van der Waals surface area contributed by atoms with E-state index in [4.69, 9.17) is 4.74 Å². The molecule has 0 saturated carbocycles. The lowest BCUT2D eigenvalue weighted by molar-refractivity contribution is 0.0488. The van der Waals surface area contributed by atoms with Crippen molar-refractivity contribution in [1.29, 1.82) is 0 Å². The molecule has 0 fully saturated rings. The Balaban J connectivity index is 1.57. The molecule has 0 unspecified atom stereocenters. The number of nitrogens with one attached hydrogen (secondary N) is 1. The van der Waals surface area contributed by atoms with Gasteiger partial charge in [0.2, 0.25) is 0 Å². The van der Waals surface area contributed by atoms with Gasteiger partial charge in [-0.2, -0.15) is 0 Å². The highest BCUT2D eigenvalue weighted by Gasteiger charge is 2.10. The number of para-hydroxylation sites is 2. The normalized spacial score (nSPS) is 10.8. The van der Waals surface area contributed by atoms with Gasteiger partial charge in [-0.15, -0.1) is 0 Å². The molecule has 0 amide bonds. The van der Waals surface area contributed by atoms with Crippen molar-refractivity contribution in [3.8, 4) is 0 Å². The monoisotopic (exact) mass is 312 g/mol. The summed E-state index contributed by atoms with van der Waals surface area (Å²) in [5.74, 6) is -0.510. The number of H-pyrrole nitrogens is 1. The van der Waals surface area contributed by atoms with E-state index in [2.05, 4.69) is 15.0 Å². The maximum absolute atomic E-state index is 11.9. The highest BCUT2D eigenvalue weighted by molar-refractivity contribution is 5.86. The Bertz CT molecular complexity index is 880. The fraction of sp³-hybridized carbons (Fsp3) is 0.250. The lowest BCUT2D eigenvalue weighted by atomic mass is 10.3. The second-order valence-electron chi connectivity index (χ2n) is 5.13. The third-order valence-electron chi connectivity index (χ3n) is 3.43. The van der Waals surface area contributed by atoms with Crippen LogP contribution in [0.2, 0.25) is 0 Å². The van der Waals surface area contributed by atoms with E-state index >= 15 is 0 Å². The van der Waals surface area contributed by atoms with Crippen LogP contribution in [-0.2, 0) is 11.3 Å². The van der Waals surface area contributed by atoms with Gasteiger partial charge in [-0.05, 0) is 25.5 Å². The summed E-state index contributed by atoms with van der Waals surface area (Å²) in [7, 11) is 0. The van der Waals surface area contributed by atoms with Crippen molar-refractivity contribution in [2.45, 2.75) is 19.9 Å². The van der Waals surface area contributed by atoms with Gasteiger partial charge < -0.3 is 9.72 Å². The predicted molar refractivity (Wildman–Crippen MR) is 84.2 cm³/mol. The first-order valence-corrected chi connectivity index (χ1v) is 7.28. The van der Waals surface area contributed by atoms with E-state index in [0.29, 0.717) is 13.0 Å². The Kier molecular flexibility index (Phi) is 4.18. The highest BCUT2D eigenvalue weighted by Crippen LogP contribution is 2.09. The molecule has 23 heavy (non-hydrogen) atoms. The zero-order valence-corrected chi connectivity index (χ0v) is 12.7. The molecular weight excluding hydrogens is 296 g/mol. The molecule has 0 atom stereocenters. The number of esters is 1. The number of fused-ring (bicyclic) bond motifs is 1. The minimum atomic E-state index is -0.510. The van der Waals surface area contributed by atoms with Crippen molar-refractivity contribution < 1.29 is 9.53 Å². The molecule has 0 aliphatic heterocycles. The molecule has 7 heteroatoms. The molecule has 1 aromatic carbocycles. The largest absolute Gasteiger partial charge is 0.461 e. The Labute approximate surface area is 132 Å². The molecule has 118 valence electrons. The number of benzene rings is 1. The Morgan fingerprint density at radius 1 is 1.26 bits per heavy atom. The minimum absolute atomic E-state index is 0.165. The van der Waals surface area contributed by atoms with Crippen LogP contribution in [0.5, 0.6) is 0 Å². The summed E-state index contributed by atoms with van der Waals surface area (Å²) in [4.78, 5) is 34.5. The molecule has 2 aromatic heterocycles. The summed E-state index contributed by atoms with van der Waals surface area (Å²) in [5.41, 5.74) is 2.39. The van der Waals surface area contributed by atoms with Crippen LogP contribution in [0, 0.1) is 6.92 Å². The van der Waals surface area contributed by atoms with Crippen LogP contribution in [0.4, 0.5) is 0 Å². The number of aromatic amines is 1. The summed E-state index contributed by atoms with van der Waals surface area (Å²) in [6.07, 6.45) is 3.44. The first-order chi connectivity index (χ1) is 11.1. The van der Waals surface area contributed by atoms with Gasteiger partial charge in [0.25, 0.3) is 0 Å². The molecule has 2 heterocycles. The van der Waals surface area contributed by atoms with E-state index in [-0.39, 0.29) is 18.0 Å². The van der Waals surface area contributed by atoms with E-state index in [1.807, 2.05) is 24.3 Å². The van der Waals surface area contributed by atoms with Crippen LogP contribution in [0.25, 0.3) is 11.0 Å². The van der Waals surface area contributed by atoms with E-state index < -0.39 is 5.97 Å². The second kappa shape index (κ2) is 6.43. The van der Waals surface area contributed by atoms with Crippen LogP contribution in [-0.4, -0.2) is 32.1 Å². The van der Waals surface area contributed by atoms with Crippen LogP contribution in [0.3, 0.4) is 0 Å². The first-order valence-electron chi connectivity index (χ1n) is 7.28. The van der Waals surface area contributed by atoms with E-state index in [1.54, 1.807) is 11.5 Å². The number of ether oxygens (including phenoxy) is 1. The standard InChI is InChI=1S/C16H16N4O3/c1-11-9-18-13(10-17-11)15(21)23-8-4-7-20-14-6-3-2-5-12(14)19-16(20)22/h2-3,5-6,9-10H,4,7-8H2,1H3,(H,19,22). The lowest BCUT2D eigenvalue weighted by Crippen LogP contribution is -2.18. The molecule has 7 nitrogen and oxygen atoms in total. The number of carbonyl (C=O) groups excluding carboxylic acids is 1. The molecule has 0 radical (unpaired) electrons. The zero-order valence-electron chi connectivity index (χ0n) is 12.7. The number of imidazole rings is 1. The van der Waals surface area contributed by atoms with Crippen LogP contribution in [0.15, 0.2) is 41.5 Å². The number of carbonyl (C=O) groups is 1. The third-order valence-corrected chi connectivity index (χ3v) is 3.43. The fourth-order valence-electron chi connectivity index (χ4n) is 2.29. The number of hydrogen-bond donors (Lipinski definition) is 1. The molecule has 0 spiro atoms. The maximum Gasteiger partial charge on any atom is 0.358 e. The van der Waals surface area contributed by atoms with Gasteiger partial charge in [-0.1, -0.05) is 12.1 Å². The average Bonchev–Trinajstić information content (AvgIpc) is 2.87. The number of rotatable bonds is 5. The number of nitrogens with zero attached hydrogens (tertiary/aromatic N) is 3. The SMILES string of the molecule is Cc1cnc(C(=O)OCCCn2c(=O)[nH]c3ccccc32)cn1. The summed E-state index contributed by atoms with van der Waals surface area (Å²) >= 11 is 0. The van der Waals surface area contributed by atoms with Crippen LogP contribution in [0.1, 0.15) is 22.6 Å². The van der Waals surface area contributed by atoms with Gasteiger partial charge in [0.05, 0.1) is 29.5 Å². The van der Waals surface area contributed by atoms with E-state index in [0.717, 1.165) is 16.7 Å². The fourth-order valence-corrected chi connectivity index (χ4v) is 2.29. The average molecular weight is 312 g/mol. The molecule has 0 bridgehead atoms. The second-order valence-corrected chi connectivity index (χ2v) is 5.13. The number of aromatic nitrogens is 4. The summed E-state index contributed by atoms with van der Waals surface area (Å²) in [5, 5.41) is 0. The van der Waals surface area contributed by atoms with Crippen molar-refractivity contribution in [2.24, 2.45) is 0 Å². The van der Waals surface area contributed by atoms with Gasteiger partial charge >= 0.3 is 11.7 Å². The Morgan fingerprint density at radius 3 is 2.87 bits per heavy atom. The quantitative estimate of drug-likeness (QED) is 0.572. The highest BCUT2D eigenvalue weighted by atomic mass is 16.5. The van der Waals surface area contributed by atoms with Crippen molar-refractivity contribution >= 4 is 17.0 Å². The van der Waals surface area contributed by atoms with Gasteiger partial charge in [0, 0.05) is 12.7 Å². The summed E-state index contributed by atoms with van der Waals surface area (Å²) in [6.45, 7) is 2.47. The van der Waals surface area contributed by atoms with E-state index in [9.17, 15) is 9.59 Å². The van der Waals surface area contributed by atoms with Gasteiger partial charge in [-0.25, -0.2) is 14.6 Å².